The lowest BCUT2D eigenvalue weighted by Crippen LogP contribution is -2.45. The van der Waals surface area contributed by atoms with Crippen molar-refractivity contribution in [2.75, 3.05) is 0 Å². The van der Waals surface area contributed by atoms with Gasteiger partial charge in [0.1, 0.15) is 0 Å². The van der Waals surface area contributed by atoms with Crippen molar-refractivity contribution in [3.63, 3.8) is 0 Å². The topological polar surface area (TPSA) is 62.4 Å². The first-order valence-corrected chi connectivity index (χ1v) is 5.57. The Labute approximate surface area is 86.3 Å². The van der Waals surface area contributed by atoms with E-state index in [2.05, 4.69) is 29.6 Å². The molecule has 0 heterocycles. The molecule has 0 spiro atoms. The van der Waals surface area contributed by atoms with Crippen molar-refractivity contribution in [1.82, 2.24) is 10.7 Å². The zero-order valence-corrected chi connectivity index (χ0v) is 9.21. The largest absolute Gasteiger partial charge is 0.353 e. The first kappa shape index (κ1) is 11.3. The minimum absolute atomic E-state index is 0.422. The van der Waals surface area contributed by atoms with Crippen LogP contribution in [0.15, 0.2) is 4.99 Å². The van der Waals surface area contributed by atoms with E-state index in [9.17, 15) is 0 Å². The van der Waals surface area contributed by atoms with E-state index in [1.807, 2.05) is 0 Å². The minimum atomic E-state index is 0.422. The van der Waals surface area contributed by atoms with Gasteiger partial charge in [0.2, 0.25) is 5.96 Å². The van der Waals surface area contributed by atoms with Crippen LogP contribution < -0.4 is 16.6 Å². The Bertz CT molecular complexity index is 185. The molecule has 0 bridgehead atoms. The highest BCUT2D eigenvalue weighted by molar-refractivity contribution is 5.79. The quantitative estimate of drug-likeness (QED) is 0.276. The molecule has 0 amide bonds. The molecule has 4 N–H and O–H groups in total. The standard InChI is InChI=1S/C10H22N4/c1-3-8(2)12-10(14-11)13-9-6-4-5-7-9/h8-9H,3-7,11H2,1-2H3,(H2,12,13,14). The molecule has 4 nitrogen and oxygen atoms in total. The first-order valence-electron chi connectivity index (χ1n) is 5.57. The third kappa shape index (κ3) is 3.54. The summed E-state index contributed by atoms with van der Waals surface area (Å²) in [5.74, 6) is 6.15. The highest BCUT2D eigenvalue weighted by atomic mass is 15.3. The summed E-state index contributed by atoms with van der Waals surface area (Å²) in [5, 5.41) is 3.26. The zero-order chi connectivity index (χ0) is 10.4. The van der Waals surface area contributed by atoms with Crippen molar-refractivity contribution in [3.8, 4) is 0 Å². The maximum absolute atomic E-state index is 5.41. The van der Waals surface area contributed by atoms with E-state index >= 15 is 0 Å². The molecule has 0 aromatic carbocycles. The SMILES string of the molecule is CCC(C)NC(=NC1CCCC1)NN. The molecule has 1 fully saturated rings. The van der Waals surface area contributed by atoms with E-state index in [0.29, 0.717) is 12.1 Å². The number of hydrazine groups is 1. The Morgan fingerprint density at radius 2 is 2.14 bits per heavy atom. The van der Waals surface area contributed by atoms with Gasteiger partial charge < -0.3 is 5.32 Å². The van der Waals surface area contributed by atoms with Gasteiger partial charge in [0.05, 0.1) is 6.04 Å². The van der Waals surface area contributed by atoms with Gasteiger partial charge in [0.15, 0.2) is 0 Å². The second-order valence-electron chi connectivity index (χ2n) is 4.01. The van der Waals surface area contributed by atoms with Gasteiger partial charge in [-0.1, -0.05) is 19.8 Å². The second kappa shape index (κ2) is 5.86. The summed E-state index contributed by atoms with van der Waals surface area (Å²) in [6, 6.07) is 0.892. The summed E-state index contributed by atoms with van der Waals surface area (Å²) in [7, 11) is 0. The molecule has 1 aliphatic rings. The van der Waals surface area contributed by atoms with Crippen LogP contribution in [0.4, 0.5) is 0 Å². The molecule has 1 aliphatic carbocycles. The van der Waals surface area contributed by atoms with Gasteiger partial charge in [-0.25, -0.2) is 10.8 Å². The van der Waals surface area contributed by atoms with Crippen molar-refractivity contribution in [3.05, 3.63) is 0 Å². The lowest BCUT2D eigenvalue weighted by molar-refractivity contribution is 0.612. The lowest BCUT2D eigenvalue weighted by Gasteiger charge is -2.16. The minimum Gasteiger partial charge on any atom is -0.353 e. The van der Waals surface area contributed by atoms with Gasteiger partial charge in [-0.2, -0.15) is 0 Å². The van der Waals surface area contributed by atoms with Crippen LogP contribution in [0.2, 0.25) is 0 Å². The van der Waals surface area contributed by atoms with Crippen molar-refractivity contribution >= 4 is 5.96 Å². The fourth-order valence-corrected chi connectivity index (χ4v) is 1.67. The van der Waals surface area contributed by atoms with Gasteiger partial charge >= 0.3 is 0 Å². The highest BCUT2D eigenvalue weighted by Crippen LogP contribution is 2.20. The molecule has 4 heteroatoms. The van der Waals surface area contributed by atoms with Gasteiger partial charge in [-0.3, -0.25) is 5.43 Å². The Hall–Kier alpha value is -0.770. The number of guanidine groups is 1. The summed E-state index contributed by atoms with van der Waals surface area (Å²) < 4.78 is 0. The summed E-state index contributed by atoms with van der Waals surface area (Å²) in [4.78, 5) is 4.55. The van der Waals surface area contributed by atoms with Crippen LogP contribution in [0.3, 0.4) is 0 Å². The Balaban J connectivity index is 2.42. The number of rotatable bonds is 3. The molecule has 1 atom stereocenters. The predicted octanol–water partition coefficient (Wildman–Crippen LogP) is 1.14. The summed E-state index contributed by atoms with van der Waals surface area (Å²) >= 11 is 0. The number of aliphatic imine (C=N–C) groups is 1. The number of nitrogens with two attached hydrogens (primary N) is 1. The number of hydrogen-bond donors (Lipinski definition) is 3. The van der Waals surface area contributed by atoms with Crippen LogP contribution in [0.25, 0.3) is 0 Å². The molecule has 1 rings (SSSR count). The molecule has 0 radical (unpaired) electrons. The van der Waals surface area contributed by atoms with E-state index < -0.39 is 0 Å². The van der Waals surface area contributed by atoms with Crippen molar-refractivity contribution < 1.29 is 0 Å². The van der Waals surface area contributed by atoms with Crippen LogP contribution >= 0.6 is 0 Å². The Morgan fingerprint density at radius 1 is 1.50 bits per heavy atom. The number of hydrogen-bond acceptors (Lipinski definition) is 2. The molecule has 14 heavy (non-hydrogen) atoms. The normalized spacial score (nSPS) is 20.9. The zero-order valence-electron chi connectivity index (χ0n) is 9.21. The molecule has 1 unspecified atom stereocenters. The monoisotopic (exact) mass is 198 g/mol. The maximum atomic E-state index is 5.41. The molecule has 0 saturated heterocycles. The molecule has 0 aromatic heterocycles. The Kier molecular flexibility index (Phi) is 4.73. The van der Waals surface area contributed by atoms with Crippen LogP contribution in [0, 0.1) is 0 Å². The van der Waals surface area contributed by atoms with E-state index in [1.165, 1.54) is 25.7 Å². The van der Waals surface area contributed by atoms with Gasteiger partial charge in [-0.15, -0.1) is 0 Å². The van der Waals surface area contributed by atoms with Crippen LogP contribution in [-0.4, -0.2) is 18.0 Å². The maximum Gasteiger partial charge on any atom is 0.206 e. The van der Waals surface area contributed by atoms with Crippen LogP contribution in [0.1, 0.15) is 46.0 Å². The van der Waals surface area contributed by atoms with E-state index in [0.717, 1.165) is 12.4 Å². The van der Waals surface area contributed by atoms with Gasteiger partial charge in [0.25, 0.3) is 0 Å². The molecular weight excluding hydrogens is 176 g/mol. The average Bonchev–Trinajstić information content (AvgIpc) is 2.69. The highest BCUT2D eigenvalue weighted by Gasteiger charge is 2.14. The van der Waals surface area contributed by atoms with Crippen LogP contribution in [-0.2, 0) is 0 Å². The smallest absolute Gasteiger partial charge is 0.206 e. The Morgan fingerprint density at radius 3 is 2.64 bits per heavy atom. The third-order valence-electron chi connectivity index (χ3n) is 2.77. The third-order valence-corrected chi connectivity index (χ3v) is 2.77. The summed E-state index contributed by atoms with van der Waals surface area (Å²) in [6.45, 7) is 4.27. The summed E-state index contributed by atoms with van der Waals surface area (Å²) in [6.07, 6.45) is 6.08. The number of nitrogens with zero attached hydrogens (tertiary/aromatic N) is 1. The van der Waals surface area contributed by atoms with Crippen LogP contribution in [0.5, 0.6) is 0 Å². The van der Waals surface area contributed by atoms with Gasteiger partial charge in [-0.05, 0) is 26.2 Å². The molecule has 1 saturated carbocycles. The second-order valence-corrected chi connectivity index (χ2v) is 4.01. The molecule has 0 aliphatic heterocycles. The fraction of sp³-hybridized carbons (Fsp3) is 0.900. The lowest BCUT2D eigenvalue weighted by atomic mass is 10.2. The predicted molar refractivity (Wildman–Crippen MR) is 59.9 cm³/mol. The van der Waals surface area contributed by atoms with E-state index in [4.69, 9.17) is 5.84 Å². The average molecular weight is 198 g/mol. The van der Waals surface area contributed by atoms with E-state index in [-0.39, 0.29) is 0 Å². The molecule has 82 valence electrons. The van der Waals surface area contributed by atoms with Crippen molar-refractivity contribution in [2.45, 2.75) is 58.0 Å². The first-order chi connectivity index (χ1) is 6.76. The fourth-order valence-electron chi connectivity index (χ4n) is 1.67. The van der Waals surface area contributed by atoms with Gasteiger partial charge in [0, 0.05) is 6.04 Å². The summed E-state index contributed by atoms with van der Waals surface area (Å²) in [5.41, 5.74) is 2.63. The van der Waals surface area contributed by atoms with Crippen molar-refractivity contribution in [2.24, 2.45) is 10.8 Å². The molecule has 0 aromatic rings. The molecular formula is C10H22N4. The number of nitrogens with one attached hydrogen (secondary N) is 2. The van der Waals surface area contributed by atoms with Crippen molar-refractivity contribution in [1.29, 1.82) is 0 Å². The van der Waals surface area contributed by atoms with E-state index in [1.54, 1.807) is 0 Å².